The SMILES string of the molecule is CCCc1c(C)c2scc(C(=O)O)c2[nH]c1=O. The van der Waals surface area contributed by atoms with Gasteiger partial charge in [-0.1, -0.05) is 13.3 Å². The molecular formula is C12H13NO3S. The highest BCUT2D eigenvalue weighted by atomic mass is 32.1. The van der Waals surface area contributed by atoms with E-state index in [2.05, 4.69) is 4.98 Å². The molecule has 0 saturated carbocycles. The molecule has 0 spiro atoms. The largest absolute Gasteiger partial charge is 0.478 e. The van der Waals surface area contributed by atoms with Gasteiger partial charge in [-0.05, 0) is 18.9 Å². The highest BCUT2D eigenvalue weighted by molar-refractivity contribution is 7.17. The summed E-state index contributed by atoms with van der Waals surface area (Å²) >= 11 is 1.37. The number of aromatic nitrogens is 1. The molecule has 0 aliphatic carbocycles. The number of hydrogen-bond acceptors (Lipinski definition) is 3. The van der Waals surface area contributed by atoms with E-state index in [0.717, 1.165) is 28.7 Å². The Morgan fingerprint density at radius 2 is 2.24 bits per heavy atom. The number of hydrogen-bond donors (Lipinski definition) is 2. The fourth-order valence-corrected chi connectivity index (χ4v) is 3.00. The van der Waals surface area contributed by atoms with Crippen molar-refractivity contribution in [3.8, 4) is 0 Å². The van der Waals surface area contributed by atoms with Gasteiger partial charge in [0.25, 0.3) is 5.56 Å². The van der Waals surface area contributed by atoms with Crippen molar-refractivity contribution in [3.05, 3.63) is 32.4 Å². The van der Waals surface area contributed by atoms with Crippen LogP contribution in [0.4, 0.5) is 0 Å². The summed E-state index contributed by atoms with van der Waals surface area (Å²) in [7, 11) is 0. The quantitative estimate of drug-likeness (QED) is 0.880. The third kappa shape index (κ3) is 1.86. The molecule has 0 fully saturated rings. The van der Waals surface area contributed by atoms with Crippen LogP contribution in [0.25, 0.3) is 10.2 Å². The maximum atomic E-state index is 11.9. The summed E-state index contributed by atoms with van der Waals surface area (Å²) in [4.78, 5) is 25.6. The summed E-state index contributed by atoms with van der Waals surface area (Å²) in [6.07, 6.45) is 1.62. The van der Waals surface area contributed by atoms with Crippen LogP contribution in [0.1, 0.15) is 34.8 Å². The Bertz CT molecular complexity index is 639. The van der Waals surface area contributed by atoms with Gasteiger partial charge >= 0.3 is 5.97 Å². The van der Waals surface area contributed by atoms with Crippen molar-refractivity contribution in [2.75, 3.05) is 0 Å². The summed E-state index contributed by atoms with van der Waals surface area (Å²) in [6, 6.07) is 0. The maximum Gasteiger partial charge on any atom is 0.338 e. The fraction of sp³-hybridized carbons (Fsp3) is 0.333. The molecule has 0 aromatic carbocycles. The number of aryl methyl sites for hydroxylation is 1. The minimum Gasteiger partial charge on any atom is -0.478 e. The molecule has 0 saturated heterocycles. The van der Waals surface area contributed by atoms with Crippen LogP contribution in [-0.4, -0.2) is 16.1 Å². The predicted octanol–water partition coefficient (Wildman–Crippen LogP) is 2.55. The second-order valence-electron chi connectivity index (χ2n) is 3.97. The number of carboxylic acid groups (broad SMARTS) is 1. The van der Waals surface area contributed by atoms with Crippen molar-refractivity contribution in [2.45, 2.75) is 26.7 Å². The number of nitrogens with one attached hydrogen (secondary N) is 1. The van der Waals surface area contributed by atoms with Crippen LogP contribution in [0.3, 0.4) is 0 Å². The van der Waals surface area contributed by atoms with Crippen LogP contribution >= 0.6 is 11.3 Å². The second kappa shape index (κ2) is 4.33. The molecule has 2 aromatic rings. The highest BCUT2D eigenvalue weighted by Gasteiger charge is 2.16. The first-order valence-corrected chi connectivity index (χ1v) is 6.30. The van der Waals surface area contributed by atoms with E-state index in [-0.39, 0.29) is 11.1 Å². The van der Waals surface area contributed by atoms with E-state index in [1.54, 1.807) is 5.38 Å². The van der Waals surface area contributed by atoms with Crippen LogP contribution in [0, 0.1) is 6.92 Å². The van der Waals surface area contributed by atoms with Crippen LogP contribution in [0.2, 0.25) is 0 Å². The van der Waals surface area contributed by atoms with Gasteiger partial charge in [0, 0.05) is 10.9 Å². The van der Waals surface area contributed by atoms with Gasteiger partial charge in [-0.3, -0.25) is 4.79 Å². The van der Waals surface area contributed by atoms with Gasteiger partial charge in [-0.15, -0.1) is 11.3 Å². The fourth-order valence-electron chi connectivity index (χ4n) is 1.96. The van der Waals surface area contributed by atoms with E-state index < -0.39 is 5.97 Å². The van der Waals surface area contributed by atoms with Gasteiger partial charge in [-0.25, -0.2) is 4.79 Å². The predicted molar refractivity (Wildman–Crippen MR) is 68.1 cm³/mol. The molecule has 0 atom stereocenters. The molecule has 4 nitrogen and oxygen atoms in total. The molecule has 0 radical (unpaired) electrons. The molecule has 90 valence electrons. The zero-order valence-corrected chi connectivity index (χ0v) is 10.5. The molecule has 17 heavy (non-hydrogen) atoms. The molecule has 0 aliphatic rings. The first-order chi connectivity index (χ1) is 8.06. The Morgan fingerprint density at radius 3 is 2.82 bits per heavy atom. The lowest BCUT2D eigenvalue weighted by atomic mass is 10.1. The second-order valence-corrected chi connectivity index (χ2v) is 4.85. The van der Waals surface area contributed by atoms with Gasteiger partial charge in [-0.2, -0.15) is 0 Å². The van der Waals surface area contributed by atoms with Gasteiger partial charge in [0.2, 0.25) is 0 Å². The van der Waals surface area contributed by atoms with Crippen molar-refractivity contribution >= 4 is 27.5 Å². The summed E-state index contributed by atoms with van der Waals surface area (Å²) in [6.45, 7) is 3.89. The summed E-state index contributed by atoms with van der Waals surface area (Å²) < 4.78 is 0.866. The van der Waals surface area contributed by atoms with Crippen molar-refractivity contribution in [3.63, 3.8) is 0 Å². The van der Waals surface area contributed by atoms with E-state index in [4.69, 9.17) is 5.11 Å². The third-order valence-corrected chi connectivity index (χ3v) is 3.93. The lowest BCUT2D eigenvalue weighted by Gasteiger charge is -2.04. The number of H-pyrrole nitrogens is 1. The zero-order chi connectivity index (χ0) is 12.6. The molecule has 2 N–H and O–H groups in total. The summed E-state index contributed by atoms with van der Waals surface area (Å²) in [5, 5.41) is 10.6. The first-order valence-electron chi connectivity index (χ1n) is 5.42. The number of pyridine rings is 1. The van der Waals surface area contributed by atoms with E-state index >= 15 is 0 Å². The summed E-state index contributed by atoms with van der Waals surface area (Å²) in [5.74, 6) is -1.01. The number of carbonyl (C=O) groups is 1. The first kappa shape index (κ1) is 11.9. The average molecular weight is 251 g/mol. The van der Waals surface area contributed by atoms with Crippen LogP contribution in [0.5, 0.6) is 0 Å². The van der Waals surface area contributed by atoms with Gasteiger partial charge in [0.15, 0.2) is 0 Å². The third-order valence-electron chi connectivity index (χ3n) is 2.83. The molecule has 2 rings (SSSR count). The molecule has 0 unspecified atom stereocenters. The van der Waals surface area contributed by atoms with Crippen molar-refractivity contribution in [1.29, 1.82) is 0 Å². The van der Waals surface area contributed by atoms with Gasteiger partial charge in [0.1, 0.15) is 0 Å². The van der Waals surface area contributed by atoms with Gasteiger partial charge in [0.05, 0.1) is 15.8 Å². The Morgan fingerprint density at radius 1 is 1.53 bits per heavy atom. The monoisotopic (exact) mass is 251 g/mol. The van der Waals surface area contributed by atoms with Crippen molar-refractivity contribution in [1.82, 2.24) is 4.98 Å². The topological polar surface area (TPSA) is 70.2 Å². The summed E-state index contributed by atoms with van der Waals surface area (Å²) in [5.41, 5.74) is 2.12. The minimum absolute atomic E-state index is 0.169. The minimum atomic E-state index is -1.01. The maximum absolute atomic E-state index is 11.9. The van der Waals surface area contributed by atoms with E-state index in [0.29, 0.717) is 5.52 Å². The van der Waals surface area contributed by atoms with Crippen LogP contribution in [0.15, 0.2) is 10.2 Å². The van der Waals surface area contributed by atoms with E-state index in [1.807, 2.05) is 13.8 Å². The Kier molecular flexibility index (Phi) is 3.02. The molecule has 2 heterocycles. The number of thiophene rings is 1. The Labute approximate surface area is 102 Å². The molecule has 0 bridgehead atoms. The Hall–Kier alpha value is -1.62. The lowest BCUT2D eigenvalue weighted by molar-refractivity contribution is 0.0699. The van der Waals surface area contributed by atoms with E-state index in [1.165, 1.54) is 11.3 Å². The van der Waals surface area contributed by atoms with Crippen LogP contribution in [-0.2, 0) is 6.42 Å². The highest BCUT2D eigenvalue weighted by Crippen LogP contribution is 2.27. The van der Waals surface area contributed by atoms with E-state index in [9.17, 15) is 9.59 Å². The lowest BCUT2D eigenvalue weighted by Crippen LogP contribution is -2.15. The standard InChI is InChI=1S/C12H13NO3S/c1-3-4-7-6(2)10-9(13-11(7)14)8(5-17-10)12(15)16/h5H,3-4H2,1-2H3,(H,13,14)(H,15,16). The normalized spacial score (nSPS) is 10.9. The molecule has 2 aromatic heterocycles. The number of rotatable bonds is 3. The molecular weight excluding hydrogens is 238 g/mol. The molecule has 5 heteroatoms. The van der Waals surface area contributed by atoms with Crippen molar-refractivity contribution in [2.24, 2.45) is 0 Å². The smallest absolute Gasteiger partial charge is 0.338 e. The average Bonchev–Trinajstić information content (AvgIpc) is 2.68. The van der Waals surface area contributed by atoms with Gasteiger partial charge < -0.3 is 10.1 Å². The molecule has 0 amide bonds. The number of aromatic amines is 1. The number of fused-ring (bicyclic) bond motifs is 1. The number of carboxylic acids is 1. The zero-order valence-electron chi connectivity index (χ0n) is 9.66. The number of aromatic carboxylic acids is 1. The Balaban J connectivity index is 2.78. The van der Waals surface area contributed by atoms with Crippen LogP contribution < -0.4 is 5.56 Å². The van der Waals surface area contributed by atoms with Crippen molar-refractivity contribution < 1.29 is 9.90 Å². The molecule has 0 aliphatic heterocycles.